The summed E-state index contributed by atoms with van der Waals surface area (Å²) in [5.74, 6) is 0.0547. The first-order chi connectivity index (χ1) is 15.9. The molecule has 0 aliphatic carbocycles. The van der Waals surface area contributed by atoms with Gasteiger partial charge in [0.05, 0.1) is 17.7 Å². The molecule has 0 aliphatic rings. The lowest BCUT2D eigenvalue weighted by atomic mass is 10.1. The molecular formula is C25H21ClN2O4S. The van der Waals surface area contributed by atoms with Crippen LogP contribution >= 0.6 is 11.6 Å². The first-order valence-corrected chi connectivity index (χ1v) is 11.9. The van der Waals surface area contributed by atoms with Crippen LogP contribution in [-0.4, -0.2) is 28.0 Å². The minimum Gasteiger partial charge on any atom is -0.497 e. The zero-order valence-corrected chi connectivity index (χ0v) is 19.3. The van der Waals surface area contributed by atoms with Gasteiger partial charge in [-0.2, -0.15) is 0 Å². The van der Waals surface area contributed by atoms with Crippen LogP contribution in [0.25, 0.3) is 10.8 Å². The molecule has 0 bridgehead atoms. The van der Waals surface area contributed by atoms with Crippen LogP contribution in [0.3, 0.4) is 0 Å². The number of nitrogens with zero attached hydrogens (tertiary/aromatic N) is 1. The zero-order valence-electron chi connectivity index (χ0n) is 17.7. The van der Waals surface area contributed by atoms with Crippen molar-refractivity contribution in [2.45, 2.75) is 4.90 Å². The number of benzene rings is 4. The van der Waals surface area contributed by atoms with Crippen LogP contribution in [0.5, 0.6) is 5.75 Å². The van der Waals surface area contributed by atoms with Gasteiger partial charge in [0.2, 0.25) is 5.91 Å². The minimum atomic E-state index is -4.05. The SMILES string of the molecule is COc1ccc(S(=O)(=O)N(CC(=O)Nc2cccc3ccccc23)c2ccc(Cl)cc2)cc1. The van der Waals surface area contributed by atoms with Crippen molar-refractivity contribution in [3.8, 4) is 5.75 Å². The highest BCUT2D eigenvalue weighted by Gasteiger charge is 2.27. The van der Waals surface area contributed by atoms with E-state index in [-0.39, 0.29) is 4.90 Å². The van der Waals surface area contributed by atoms with E-state index < -0.39 is 22.5 Å². The maximum absolute atomic E-state index is 13.5. The maximum atomic E-state index is 13.5. The number of carbonyl (C=O) groups excluding carboxylic acids is 1. The van der Waals surface area contributed by atoms with Gasteiger partial charge < -0.3 is 10.1 Å². The van der Waals surface area contributed by atoms with E-state index in [0.29, 0.717) is 22.1 Å². The number of sulfonamides is 1. The molecule has 0 spiro atoms. The molecule has 0 aliphatic heterocycles. The van der Waals surface area contributed by atoms with Gasteiger partial charge in [0, 0.05) is 16.1 Å². The summed E-state index contributed by atoms with van der Waals surface area (Å²) >= 11 is 5.99. The first kappa shape index (κ1) is 22.6. The summed E-state index contributed by atoms with van der Waals surface area (Å²) in [6.45, 7) is -0.417. The summed E-state index contributed by atoms with van der Waals surface area (Å²) in [7, 11) is -2.55. The van der Waals surface area contributed by atoms with Crippen LogP contribution in [0, 0.1) is 0 Å². The van der Waals surface area contributed by atoms with Crippen LogP contribution < -0.4 is 14.4 Å². The maximum Gasteiger partial charge on any atom is 0.264 e. The summed E-state index contributed by atoms with van der Waals surface area (Å²) < 4.78 is 33.2. The average molecular weight is 481 g/mol. The number of hydrogen-bond donors (Lipinski definition) is 1. The molecule has 1 amide bonds. The topological polar surface area (TPSA) is 75.7 Å². The Morgan fingerprint density at radius 3 is 2.27 bits per heavy atom. The Balaban J connectivity index is 1.67. The molecule has 0 heterocycles. The van der Waals surface area contributed by atoms with Crippen LogP contribution in [0.4, 0.5) is 11.4 Å². The second-order valence-electron chi connectivity index (χ2n) is 7.24. The fourth-order valence-corrected chi connectivity index (χ4v) is 5.00. The van der Waals surface area contributed by atoms with E-state index in [1.165, 1.54) is 19.2 Å². The molecular weight excluding hydrogens is 460 g/mol. The largest absolute Gasteiger partial charge is 0.497 e. The van der Waals surface area contributed by atoms with E-state index in [2.05, 4.69) is 5.32 Å². The quantitative estimate of drug-likeness (QED) is 0.387. The molecule has 1 N–H and O–H groups in total. The number of halogens is 1. The normalized spacial score (nSPS) is 11.2. The van der Waals surface area contributed by atoms with Gasteiger partial charge in [-0.05, 0) is 60.0 Å². The predicted molar refractivity (Wildman–Crippen MR) is 132 cm³/mol. The Morgan fingerprint density at radius 2 is 1.58 bits per heavy atom. The fourth-order valence-electron chi connectivity index (χ4n) is 3.45. The van der Waals surface area contributed by atoms with Crippen molar-refractivity contribution in [2.75, 3.05) is 23.3 Å². The summed E-state index contributed by atoms with van der Waals surface area (Å²) in [5.41, 5.74) is 0.930. The van der Waals surface area contributed by atoms with Gasteiger partial charge in [0.25, 0.3) is 10.0 Å². The standard InChI is InChI=1S/C25H21ClN2O4S/c1-32-21-13-15-22(16-14-21)33(30,31)28(20-11-9-19(26)10-12-20)17-25(29)27-24-8-4-6-18-5-2-3-7-23(18)24/h2-16H,17H2,1H3,(H,27,29). The highest BCUT2D eigenvalue weighted by molar-refractivity contribution is 7.92. The molecule has 0 aromatic heterocycles. The Bertz CT molecular complexity index is 1380. The number of fused-ring (bicyclic) bond motifs is 1. The lowest BCUT2D eigenvalue weighted by Crippen LogP contribution is -2.38. The Labute approximate surface area is 197 Å². The van der Waals surface area contributed by atoms with Gasteiger partial charge >= 0.3 is 0 Å². The molecule has 6 nitrogen and oxygen atoms in total. The second kappa shape index (κ2) is 9.52. The van der Waals surface area contributed by atoms with Crippen molar-refractivity contribution < 1.29 is 17.9 Å². The van der Waals surface area contributed by atoms with Crippen LogP contribution in [0.1, 0.15) is 0 Å². The molecule has 33 heavy (non-hydrogen) atoms. The van der Waals surface area contributed by atoms with E-state index in [4.69, 9.17) is 16.3 Å². The van der Waals surface area contributed by atoms with E-state index in [1.54, 1.807) is 42.5 Å². The van der Waals surface area contributed by atoms with Crippen molar-refractivity contribution in [1.29, 1.82) is 0 Å². The number of anilines is 2. The van der Waals surface area contributed by atoms with Gasteiger partial charge in [-0.1, -0.05) is 48.0 Å². The predicted octanol–water partition coefficient (Wildman–Crippen LogP) is 5.34. The smallest absolute Gasteiger partial charge is 0.264 e. The van der Waals surface area contributed by atoms with Gasteiger partial charge in [0.1, 0.15) is 12.3 Å². The number of hydrogen-bond acceptors (Lipinski definition) is 4. The molecule has 8 heteroatoms. The molecule has 4 aromatic carbocycles. The summed E-state index contributed by atoms with van der Waals surface area (Å²) in [4.78, 5) is 13.1. The molecule has 4 aromatic rings. The van der Waals surface area contributed by atoms with Crippen molar-refractivity contribution in [2.24, 2.45) is 0 Å². The second-order valence-corrected chi connectivity index (χ2v) is 9.54. The Hall–Kier alpha value is -3.55. The Morgan fingerprint density at radius 1 is 0.909 bits per heavy atom. The van der Waals surface area contributed by atoms with Crippen molar-refractivity contribution >= 4 is 49.7 Å². The number of carbonyl (C=O) groups is 1. The van der Waals surface area contributed by atoms with Gasteiger partial charge in [-0.25, -0.2) is 8.42 Å². The van der Waals surface area contributed by atoms with Gasteiger partial charge in [-0.3, -0.25) is 9.10 Å². The van der Waals surface area contributed by atoms with Crippen molar-refractivity contribution in [3.05, 3.63) is 96.0 Å². The number of rotatable bonds is 7. The fraction of sp³-hybridized carbons (Fsp3) is 0.0800. The first-order valence-electron chi connectivity index (χ1n) is 10.1. The molecule has 0 saturated heterocycles. The molecule has 0 radical (unpaired) electrons. The molecule has 0 unspecified atom stereocenters. The van der Waals surface area contributed by atoms with E-state index >= 15 is 0 Å². The molecule has 0 fully saturated rings. The summed E-state index contributed by atoms with van der Waals surface area (Å²) in [6, 6.07) is 25.5. The van der Waals surface area contributed by atoms with Gasteiger partial charge in [0.15, 0.2) is 0 Å². The molecule has 4 rings (SSSR count). The molecule has 168 valence electrons. The summed E-state index contributed by atoms with van der Waals surface area (Å²) in [5, 5.41) is 5.14. The number of nitrogens with one attached hydrogen (secondary N) is 1. The van der Waals surface area contributed by atoms with Crippen LogP contribution in [-0.2, 0) is 14.8 Å². The Kier molecular flexibility index (Phi) is 6.53. The lowest BCUT2D eigenvalue weighted by molar-refractivity contribution is -0.114. The average Bonchev–Trinajstić information content (AvgIpc) is 2.83. The van der Waals surface area contributed by atoms with Gasteiger partial charge in [-0.15, -0.1) is 0 Å². The number of amides is 1. The van der Waals surface area contributed by atoms with Crippen molar-refractivity contribution in [1.82, 2.24) is 0 Å². The molecule has 0 atom stereocenters. The van der Waals surface area contributed by atoms with E-state index in [0.717, 1.165) is 15.1 Å². The van der Waals surface area contributed by atoms with E-state index in [1.807, 2.05) is 36.4 Å². The van der Waals surface area contributed by atoms with E-state index in [9.17, 15) is 13.2 Å². The minimum absolute atomic E-state index is 0.0382. The third-order valence-electron chi connectivity index (χ3n) is 5.11. The monoisotopic (exact) mass is 480 g/mol. The van der Waals surface area contributed by atoms with Crippen LogP contribution in [0.2, 0.25) is 5.02 Å². The third-order valence-corrected chi connectivity index (χ3v) is 7.15. The zero-order chi connectivity index (χ0) is 23.4. The summed E-state index contributed by atoms with van der Waals surface area (Å²) in [6.07, 6.45) is 0. The highest BCUT2D eigenvalue weighted by Crippen LogP contribution is 2.27. The van der Waals surface area contributed by atoms with Crippen LogP contribution in [0.15, 0.2) is 95.9 Å². The highest BCUT2D eigenvalue weighted by atomic mass is 35.5. The van der Waals surface area contributed by atoms with Crippen molar-refractivity contribution in [3.63, 3.8) is 0 Å². The molecule has 0 saturated carbocycles. The number of ether oxygens (including phenoxy) is 1. The third kappa shape index (κ3) is 4.94. The number of methoxy groups -OCH3 is 1. The lowest BCUT2D eigenvalue weighted by Gasteiger charge is -2.24.